The molecule has 0 aromatic carbocycles. The van der Waals surface area contributed by atoms with Crippen LogP contribution in [0, 0.1) is 18.3 Å². The molecule has 0 unspecified atom stereocenters. The van der Waals surface area contributed by atoms with E-state index in [1.165, 1.54) is 16.1 Å². The summed E-state index contributed by atoms with van der Waals surface area (Å²) in [7, 11) is 2.00. The van der Waals surface area contributed by atoms with Crippen LogP contribution in [0.15, 0.2) is 4.47 Å². The van der Waals surface area contributed by atoms with Crippen molar-refractivity contribution in [1.29, 1.82) is 5.26 Å². The van der Waals surface area contributed by atoms with Gasteiger partial charge in [0.05, 0.1) is 0 Å². The largest absolute Gasteiger partial charge is 0.192 e. The van der Waals surface area contributed by atoms with Gasteiger partial charge >= 0.3 is 0 Å². The Kier molecular flexibility index (Phi) is 2.17. The first-order valence-corrected chi connectivity index (χ1v) is 4.43. The highest BCUT2D eigenvalue weighted by Gasteiger charge is 2.07. The van der Waals surface area contributed by atoms with Crippen molar-refractivity contribution < 1.29 is 0 Å². The van der Waals surface area contributed by atoms with Crippen molar-refractivity contribution in [3.05, 3.63) is 14.9 Å². The number of hydrogen-bond acceptors (Lipinski definition) is 2. The molecule has 50 valence electrons. The number of rotatable bonds is 0. The van der Waals surface area contributed by atoms with E-state index in [0.29, 0.717) is 0 Å². The highest BCUT2D eigenvalue weighted by Crippen LogP contribution is 2.22. The van der Waals surface area contributed by atoms with Crippen molar-refractivity contribution in [3.63, 3.8) is 0 Å². The van der Waals surface area contributed by atoms with Crippen molar-refractivity contribution in [2.75, 3.05) is 0 Å². The van der Waals surface area contributed by atoms with Gasteiger partial charge in [-0.25, -0.2) is 0 Å². The van der Waals surface area contributed by atoms with Crippen LogP contribution in [0.25, 0.3) is 0 Å². The summed E-state index contributed by atoms with van der Waals surface area (Å²) in [6.45, 7) is 1.95. The first-order valence-electron chi connectivity index (χ1n) is 2.82. The number of halogens is 1. The summed E-state index contributed by atoms with van der Waals surface area (Å²) in [6.07, 6.45) is 0. The molecule has 4 heteroatoms. The second-order valence-electron chi connectivity index (χ2n) is 2.04. The van der Waals surface area contributed by atoms with Gasteiger partial charge in [-0.2, -0.15) is 5.26 Å². The van der Waals surface area contributed by atoms with Crippen LogP contribution in [0.2, 0.25) is 0 Å². The minimum atomic E-state index is 0.810. The molecule has 1 nitrogen and oxygen atoms in total. The molecule has 0 aliphatic heterocycles. The Balaban J connectivity index is 3.34. The molecule has 0 radical (unpaired) electrons. The molecule has 0 saturated heterocycles. The number of thiophene rings is 1. The van der Waals surface area contributed by atoms with Crippen LogP contribution in [0.5, 0.6) is 0 Å². The molecule has 1 rings (SSSR count). The van der Waals surface area contributed by atoms with E-state index in [0.717, 1.165) is 14.9 Å². The Labute approximate surface area is 73.2 Å². The fraction of sp³-hybridized carbons (Fsp3) is 0.167. The van der Waals surface area contributed by atoms with E-state index in [1.807, 2.05) is 14.8 Å². The third kappa shape index (κ3) is 1.12. The SMILES string of the molecule is Bc1sc(C#N)c(C)c1Br. The van der Waals surface area contributed by atoms with Crippen LogP contribution < -0.4 is 4.78 Å². The van der Waals surface area contributed by atoms with E-state index in [9.17, 15) is 0 Å². The van der Waals surface area contributed by atoms with Crippen molar-refractivity contribution in [3.8, 4) is 6.07 Å². The minimum absolute atomic E-state index is 0.810. The summed E-state index contributed by atoms with van der Waals surface area (Å²) >= 11 is 4.93. The van der Waals surface area contributed by atoms with E-state index in [4.69, 9.17) is 5.26 Å². The Bertz CT molecular complexity index is 299. The van der Waals surface area contributed by atoms with Gasteiger partial charge in [0.15, 0.2) is 7.85 Å². The normalized spacial score (nSPS) is 9.30. The zero-order valence-corrected chi connectivity index (χ0v) is 8.14. The van der Waals surface area contributed by atoms with Crippen LogP contribution in [0.3, 0.4) is 0 Å². The van der Waals surface area contributed by atoms with Crippen molar-refractivity contribution in [2.45, 2.75) is 6.92 Å². The summed E-state index contributed by atoms with van der Waals surface area (Å²) in [5.41, 5.74) is 1.06. The van der Waals surface area contributed by atoms with E-state index in [-0.39, 0.29) is 0 Å². The third-order valence-corrected chi connectivity index (χ3v) is 3.90. The monoisotopic (exact) mass is 213 g/mol. The molecule has 1 aromatic rings. The molecule has 1 aromatic heterocycles. The quantitative estimate of drug-likeness (QED) is 0.589. The van der Waals surface area contributed by atoms with Crippen LogP contribution in [-0.2, 0) is 0 Å². The molecule has 0 N–H and O–H groups in total. The second-order valence-corrected chi connectivity index (χ2v) is 4.06. The number of hydrogen-bond donors (Lipinski definition) is 0. The maximum atomic E-state index is 8.60. The zero-order chi connectivity index (χ0) is 7.72. The third-order valence-electron chi connectivity index (χ3n) is 1.34. The lowest BCUT2D eigenvalue weighted by molar-refractivity contribution is 1.45. The first-order chi connectivity index (χ1) is 4.66. The lowest BCUT2D eigenvalue weighted by Crippen LogP contribution is -1.94. The first kappa shape index (κ1) is 7.84. The van der Waals surface area contributed by atoms with Gasteiger partial charge in [-0.05, 0) is 17.3 Å². The Hall–Kier alpha value is -0.265. The molecule has 0 spiro atoms. The van der Waals surface area contributed by atoms with Crippen LogP contribution in [-0.4, -0.2) is 7.85 Å². The lowest BCUT2D eigenvalue weighted by Gasteiger charge is -1.85. The molecular weight excluding hydrogens is 209 g/mol. The van der Waals surface area contributed by atoms with Gasteiger partial charge in [0.2, 0.25) is 0 Å². The van der Waals surface area contributed by atoms with E-state index < -0.39 is 0 Å². The molecule has 0 saturated carbocycles. The Morgan fingerprint density at radius 3 is 2.50 bits per heavy atom. The predicted octanol–water partition coefficient (Wildman–Crippen LogP) is 0.949. The van der Waals surface area contributed by atoms with Gasteiger partial charge in [-0.1, -0.05) is 15.9 Å². The summed E-state index contributed by atoms with van der Waals surface area (Å²) in [4.78, 5) is 0.810. The average Bonchev–Trinajstić information content (AvgIpc) is 2.17. The molecule has 0 amide bonds. The molecule has 1 heterocycles. The van der Waals surface area contributed by atoms with Crippen LogP contribution in [0.1, 0.15) is 10.4 Å². The molecule has 10 heavy (non-hydrogen) atoms. The van der Waals surface area contributed by atoms with E-state index >= 15 is 0 Å². The Morgan fingerprint density at radius 2 is 2.30 bits per heavy atom. The molecule has 0 aliphatic rings. The molecule has 0 aliphatic carbocycles. The van der Waals surface area contributed by atoms with E-state index in [1.54, 1.807) is 0 Å². The number of nitriles is 1. The summed E-state index contributed by atoms with van der Waals surface area (Å²) in [5.74, 6) is 0. The summed E-state index contributed by atoms with van der Waals surface area (Å²) in [6, 6.07) is 2.15. The van der Waals surface area contributed by atoms with Gasteiger partial charge in [0, 0.05) is 4.47 Å². The van der Waals surface area contributed by atoms with Gasteiger partial charge in [0.25, 0.3) is 0 Å². The van der Waals surface area contributed by atoms with E-state index in [2.05, 4.69) is 22.0 Å². The second kappa shape index (κ2) is 2.77. The topological polar surface area (TPSA) is 23.8 Å². The van der Waals surface area contributed by atoms with Gasteiger partial charge in [-0.15, -0.1) is 11.3 Å². The molecular formula is C6H5BBrNS. The predicted molar refractivity (Wildman–Crippen MR) is 49.6 cm³/mol. The lowest BCUT2D eigenvalue weighted by atomic mass is 10.1. The maximum Gasteiger partial charge on any atom is 0.154 e. The van der Waals surface area contributed by atoms with Crippen molar-refractivity contribution >= 4 is 39.9 Å². The summed E-state index contributed by atoms with van der Waals surface area (Å²) < 4.78 is 2.25. The minimum Gasteiger partial charge on any atom is -0.192 e. The van der Waals surface area contributed by atoms with Crippen LogP contribution >= 0.6 is 27.3 Å². The highest BCUT2D eigenvalue weighted by atomic mass is 79.9. The van der Waals surface area contributed by atoms with Crippen molar-refractivity contribution in [1.82, 2.24) is 0 Å². The maximum absolute atomic E-state index is 8.60. The summed E-state index contributed by atoms with van der Waals surface area (Å²) in [5, 5.41) is 8.60. The highest BCUT2D eigenvalue weighted by molar-refractivity contribution is 9.10. The Morgan fingerprint density at radius 1 is 1.70 bits per heavy atom. The van der Waals surface area contributed by atoms with Crippen molar-refractivity contribution in [2.24, 2.45) is 0 Å². The smallest absolute Gasteiger partial charge is 0.154 e. The van der Waals surface area contributed by atoms with Crippen LogP contribution in [0.4, 0.5) is 0 Å². The zero-order valence-electron chi connectivity index (χ0n) is 5.73. The number of nitrogens with zero attached hydrogens (tertiary/aromatic N) is 1. The molecule has 0 bridgehead atoms. The molecule has 0 atom stereocenters. The van der Waals surface area contributed by atoms with Gasteiger partial charge < -0.3 is 0 Å². The standard InChI is InChI=1S/C6H5BBrNS/c1-3-4(2-9)10-6(7)5(3)8/h7H2,1H3. The molecule has 0 fully saturated rings. The van der Waals surface area contributed by atoms with Gasteiger partial charge in [-0.3, -0.25) is 0 Å². The van der Waals surface area contributed by atoms with Gasteiger partial charge in [0.1, 0.15) is 10.9 Å². The fourth-order valence-corrected chi connectivity index (χ4v) is 2.17. The fourth-order valence-electron chi connectivity index (χ4n) is 0.745. The average molecular weight is 214 g/mol.